The average molecular weight is 337 g/mol. The van der Waals surface area contributed by atoms with Gasteiger partial charge in [0.05, 0.1) is 5.69 Å². The second kappa shape index (κ2) is 4.27. The van der Waals surface area contributed by atoms with Crippen molar-refractivity contribution in [2.75, 3.05) is 11.4 Å². The molecule has 1 unspecified atom stereocenters. The molecule has 0 aliphatic carbocycles. The summed E-state index contributed by atoms with van der Waals surface area (Å²) in [7, 11) is 0. The highest BCUT2D eigenvalue weighted by Crippen LogP contribution is 2.29. The van der Waals surface area contributed by atoms with E-state index in [0.717, 1.165) is 9.26 Å². The maximum absolute atomic E-state index is 11.6. The largest absolute Gasteiger partial charge is 0.326 e. The van der Waals surface area contributed by atoms with Crippen LogP contribution >= 0.6 is 34.2 Å². The molecule has 0 saturated carbocycles. The first kappa shape index (κ1) is 11.2. The van der Waals surface area contributed by atoms with Gasteiger partial charge in [0.15, 0.2) is 0 Å². The number of carbonyl (C=O) groups is 1. The summed E-state index contributed by atoms with van der Waals surface area (Å²) in [6.45, 7) is 0.579. The van der Waals surface area contributed by atoms with Gasteiger partial charge in [-0.1, -0.05) is 11.6 Å². The van der Waals surface area contributed by atoms with Crippen molar-refractivity contribution in [3.8, 4) is 0 Å². The van der Waals surface area contributed by atoms with Crippen LogP contribution in [0, 0.1) is 3.57 Å². The minimum atomic E-state index is -0.0627. The van der Waals surface area contributed by atoms with Crippen LogP contribution < -0.4 is 10.6 Å². The van der Waals surface area contributed by atoms with Gasteiger partial charge in [0.2, 0.25) is 5.91 Å². The summed E-state index contributed by atoms with van der Waals surface area (Å²) in [5.74, 6) is 0.0719. The zero-order chi connectivity index (χ0) is 11.0. The fraction of sp³-hybridized carbons (Fsp3) is 0.300. The van der Waals surface area contributed by atoms with Crippen molar-refractivity contribution in [1.29, 1.82) is 0 Å². The molecule has 3 nitrogen and oxygen atoms in total. The van der Waals surface area contributed by atoms with Gasteiger partial charge in [0.25, 0.3) is 0 Å². The van der Waals surface area contributed by atoms with Gasteiger partial charge >= 0.3 is 0 Å². The number of halogens is 2. The zero-order valence-corrected chi connectivity index (χ0v) is 10.8. The standard InChI is InChI=1S/C10H10ClIN2O/c11-6-1-2-8(12)9(3-6)14-5-7(13)4-10(14)15/h1-3,7H,4-5,13H2. The predicted molar refractivity (Wildman–Crippen MR) is 69.1 cm³/mol. The fourth-order valence-corrected chi connectivity index (χ4v) is 2.45. The molecule has 80 valence electrons. The van der Waals surface area contributed by atoms with Crippen LogP contribution in [0.25, 0.3) is 0 Å². The maximum Gasteiger partial charge on any atom is 0.228 e. The van der Waals surface area contributed by atoms with Crippen LogP contribution in [0.1, 0.15) is 6.42 Å². The van der Waals surface area contributed by atoms with Crippen LogP contribution in [0.15, 0.2) is 18.2 Å². The van der Waals surface area contributed by atoms with E-state index in [9.17, 15) is 4.79 Å². The van der Waals surface area contributed by atoms with E-state index >= 15 is 0 Å². The summed E-state index contributed by atoms with van der Waals surface area (Å²) in [4.78, 5) is 13.4. The van der Waals surface area contributed by atoms with Crippen LogP contribution in [-0.4, -0.2) is 18.5 Å². The minimum absolute atomic E-state index is 0.0627. The number of rotatable bonds is 1. The maximum atomic E-state index is 11.6. The van der Waals surface area contributed by atoms with Crippen LogP contribution in [0.4, 0.5) is 5.69 Å². The smallest absolute Gasteiger partial charge is 0.228 e. The Hall–Kier alpha value is -0.330. The van der Waals surface area contributed by atoms with E-state index in [2.05, 4.69) is 22.6 Å². The Kier molecular flexibility index (Phi) is 3.18. The van der Waals surface area contributed by atoms with E-state index in [1.807, 2.05) is 12.1 Å². The normalized spacial score (nSPS) is 21.1. The Morgan fingerprint density at radius 3 is 2.87 bits per heavy atom. The predicted octanol–water partition coefficient (Wildman–Crippen LogP) is 2.01. The number of nitrogens with zero attached hydrogens (tertiary/aromatic N) is 1. The molecule has 2 rings (SSSR count). The molecule has 15 heavy (non-hydrogen) atoms. The monoisotopic (exact) mass is 336 g/mol. The molecular formula is C10H10ClIN2O. The van der Waals surface area contributed by atoms with Crippen LogP contribution in [0.5, 0.6) is 0 Å². The summed E-state index contributed by atoms with van der Waals surface area (Å²) in [5.41, 5.74) is 6.61. The third kappa shape index (κ3) is 2.26. The highest BCUT2D eigenvalue weighted by Gasteiger charge is 2.29. The van der Waals surface area contributed by atoms with Crippen molar-refractivity contribution in [3.63, 3.8) is 0 Å². The van der Waals surface area contributed by atoms with Crippen LogP contribution in [0.2, 0.25) is 5.02 Å². The Morgan fingerprint density at radius 2 is 2.27 bits per heavy atom. The number of nitrogens with two attached hydrogens (primary N) is 1. The van der Waals surface area contributed by atoms with Gasteiger partial charge in [0.1, 0.15) is 0 Å². The third-order valence-corrected chi connectivity index (χ3v) is 3.50. The summed E-state index contributed by atoms with van der Waals surface area (Å²) >= 11 is 8.10. The zero-order valence-electron chi connectivity index (χ0n) is 7.91. The van der Waals surface area contributed by atoms with Crippen LogP contribution in [-0.2, 0) is 4.79 Å². The van der Waals surface area contributed by atoms with Crippen molar-refractivity contribution in [2.45, 2.75) is 12.5 Å². The minimum Gasteiger partial charge on any atom is -0.326 e. The lowest BCUT2D eigenvalue weighted by molar-refractivity contribution is -0.117. The summed E-state index contributed by atoms with van der Waals surface area (Å²) in [6.07, 6.45) is 0.419. The van der Waals surface area contributed by atoms with Crippen molar-refractivity contribution in [2.24, 2.45) is 5.73 Å². The third-order valence-electron chi connectivity index (χ3n) is 2.35. The van der Waals surface area contributed by atoms with E-state index in [-0.39, 0.29) is 11.9 Å². The van der Waals surface area contributed by atoms with Crippen molar-refractivity contribution < 1.29 is 4.79 Å². The average Bonchev–Trinajstić information content (AvgIpc) is 2.50. The molecule has 1 aliphatic rings. The number of hydrogen-bond donors (Lipinski definition) is 1. The number of hydrogen-bond acceptors (Lipinski definition) is 2. The van der Waals surface area contributed by atoms with Crippen LogP contribution in [0.3, 0.4) is 0 Å². The Morgan fingerprint density at radius 1 is 1.53 bits per heavy atom. The molecule has 1 aromatic carbocycles. The van der Waals surface area contributed by atoms with E-state index in [0.29, 0.717) is 18.0 Å². The van der Waals surface area contributed by atoms with E-state index in [4.69, 9.17) is 17.3 Å². The van der Waals surface area contributed by atoms with Gasteiger partial charge in [-0.3, -0.25) is 4.79 Å². The number of carbonyl (C=O) groups excluding carboxylic acids is 1. The molecule has 1 amide bonds. The number of amides is 1. The molecule has 1 atom stereocenters. The summed E-state index contributed by atoms with van der Waals surface area (Å²) < 4.78 is 1.01. The SMILES string of the molecule is NC1CC(=O)N(c2cc(Cl)ccc2I)C1. The fourth-order valence-electron chi connectivity index (χ4n) is 1.66. The van der Waals surface area contributed by atoms with E-state index < -0.39 is 0 Å². The Bertz CT molecular complexity index is 410. The molecule has 1 aromatic rings. The summed E-state index contributed by atoms with van der Waals surface area (Å²) in [6, 6.07) is 5.45. The van der Waals surface area contributed by atoms with Crippen molar-refractivity contribution >= 4 is 45.8 Å². The van der Waals surface area contributed by atoms with Gasteiger partial charge in [-0.05, 0) is 40.8 Å². The van der Waals surface area contributed by atoms with Gasteiger partial charge in [-0.2, -0.15) is 0 Å². The topological polar surface area (TPSA) is 46.3 Å². The van der Waals surface area contributed by atoms with E-state index in [1.54, 1.807) is 11.0 Å². The molecule has 0 radical (unpaired) electrons. The molecular weight excluding hydrogens is 326 g/mol. The summed E-state index contributed by atoms with van der Waals surface area (Å²) in [5, 5.41) is 0.638. The molecule has 1 aliphatic heterocycles. The highest BCUT2D eigenvalue weighted by molar-refractivity contribution is 14.1. The molecule has 5 heteroatoms. The molecule has 0 spiro atoms. The first-order valence-corrected chi connectivity index (χ1v) is 6.04. The lowest BCUT2D eigenvalue weighted by Gasteiger charge is -2.18. The first-order chi connectivity index (χ1) is 7.08. The van der Waals surface area contributed by atoms with Crippen molar-refractivity contribution in [3.05, 3.63) is 26.8 Å². The Balaban J connectivity index is 2.37. The lowest BCUT2D eigenvalue weighted by Crippen LogP contribution is -2.28. The second-order valence-electron chi connectivity index (χ2n) is 3.56. The first-order valence-electron chi connectivity index (χ1n) is 4.59. The Labute approximate surface area is 107 Å². The van der Waals surface area contributed by atoms with Crippen molar-refractivity contribution in [1.82, 2.24) is 0 Å². The molecule has 1 heterocycles. The number of benzene rings is 1. The van der Waals surface area contributed by atoms with Gasteiger partial charge < -0.3 is 10.6 Å². The van der Waals surface area contributed by atoms with Gasteiger partial charge in [0, 0.05) is 27.6 Å². The molecule has 1 fully saturated rings. The molecule has 0 bridgehead atoms. The highest BCUT2D eigenvalue weighted by atomic mass is 127. The molecule has 1 saturated heterocycles. The van der Waals surface area contributed by atoms with E-state index in [1.165, 1.54) is 0 Å². The lowest BCUT2D eigenvalue weighted by atomic mass is 10.3. The van der Waals surface area contributed by atoms with Gasteiger partial charge in [-0.15, -0.1) is 0 Å². The second-order valence-corrected chi connectivity index (χ2v) is 5.16. The van der Waals surface area contributed by atoms with Gasteiger partial charge in [-0.25, -0.2) is 0 Å². The molecule has 2 N–H and O–H groups in total. The quantitative estimate of drug-likeness (QED) is 0.798. The molecule has 0 aromatic heterocycles. The number of anilines is 1.